The van der Waals surface area contributed by atoms with Crippen molar-refractivity contribution in [2.45, 2.75) is 0 Å². The Labute approximate surface area is 324 Å². The number of hydrogen-bond acceptors (Lipinski definition) is 1. The second-order valence-electron chi connectivity index (χ2n) is 14.8. The molecular weight excluding hydrogens is 677 g/mol. The summed E-state index contributed by atoms with van der Waals surface area (Å²) in [5, 5.41) is 10.0. The van der Waals surface area contributed by atoms with E-state index in [0.29, 0.717) is 0 Å². The molecule has 0 saturated carbocycles. The van der Waals surface area contributed by atoms with Gasteiger partial charge in [-0.2, -0.15) is 0 Å². The lowest BCUT2D eigenvalue weighted by atomic mass is 9.94. The molecule has 0 amide bonds. The summed E-state index contributed by atoms with van der Waals surface area (Å²) in [6.07, 6.45) is 0. The van der Waals surface area contributed by atoms with Crippen molar-refractivity contribution in [1.82, 2.24) is 4.57 Å². The van der Waals surface area contributed by atoms with Crippen LogP contribution in [0.2, 0.25) is 0 Å². The number of rotatable bonds is 5. The Morgan fingerprint density at radius 2 is 0.964 bits per heavy atom. The van der Waals surface area contributed by atoms with Gasteiger partial charge in [0.25, 0.3) is 0 Å². The number of aromatic nitrogens is 1. The maximum absolute atomic E-state index is 2.52. The van der Waals surface area contributed by atoms with Crippen LogP contribution in [-0.2, 0) is 0 Å². The van der Waals surface area contributed by atoms with Gasteiger partial charge in [0, 0.05) is 38.5 Å². The van der Waals surface area contributed by atoms with Crippen LogP contribution >= 0.6 is 0 Å². The lowest BCUT2D eigenvalue weighted by Crippen LogP contribution is -2.12. The minimum Gasteiger partial charge on any atom is -0.309 e. The molecule has 11 aromatic rings. The molecule has 260 valence electrons. The van der Waals surface area contributed by atoms with Gasteiger partial charge in [0.2, 0.25) is 0 Å². The van der Waals surface area contributed by atoms with Gasteiger partial charge in [-0.3, -0.25) is 0 Å². The van der Waals surface area contributed by atoms with Crippen LogP contribution in [-0.4, -0.2) is 4.57 Å². The Kier molecular flexibility index (Phi) is 6.66. The molecule has 10 aromatic carbocycles. The van der Waals surface area contributed by atoms with Gasteiger partial charge < -0.3 is 9.47 Å². The lowest BCUT2D eigenvalue weighted by Gasteiger charge is -2.29. The second-order valence-corrected chi connectivity index (χ2v) is 14.8. The van der Waals surface area contributed by atoms with Crippen LogP contribution in [0.25, 0.3) is 93.2 Å². The first-order valence-electron chi connectivity index (χ1n) is 19.4. The highest BCUT2D eigenvalue weighted by Gasteiger charge is 2.30. The van der Waals surface area contributed by atoms with Crippen molar-refractivity contribution >= 4 is 71.2 Å². The van der Waals surface area contributed by atoms with Crippen molar-refractivity contribution in [3.63, 3.8) is 0 Å². The summed E-state index contributed by atoms with van der Waals surface area (Å²) in [5.41, 5.74) is 14.5. The lowest BCUT2D eigenvalue weighted by molar-refractivity contribution is 1.18. The fourth-order valence-electron chi connectivity index (χ4n) is 9.52. The molecule has 1 aliphatic rings. The molecule has 2 nitrogen and oxygen atoms in total. The molecule has 1 aliphatic carbocycles. The Balaban J connectivity index is 1.19. The Morgan fingerprint density at radius 3 is 1.88 bits per heavy atom. The van der Waals surface area contributed by atoms with Crippen LogP contribution in [0.4, 0.5) is 17.1 Å². The standard InChI is InChI=1S/C54H34N2/c1-2-15-35(16-3-1)41-22-8-10-27-48(41)56-49-28-11-9-24-43(49)44-32-31-39(34-51(44)56)55(47-29-13-19-36-17-4-6-21-40(36)47)50-30-14-26-46-45-25-12-20-38-33-37-18-5-7-23-42(37)54(52(38)45)53(46)50/h1-34H. The minimum atomic E-state index is 1.11. The summed E-state index contributed by atoms with van der Waals surface area (Å²) < 4.78 is 2.47. The molecule has 0 radical (unpaired) electrons. The quantitative estimate of drug-likeness (QED) is 0.161. The van der Waals surface area contributed by atoms with Gasteiger partial charge in [0.1, 0.15) is 0 Å². The monoisotopic (exact) mass is 710 g/mol. The van der Waals surface area contributed by atoms with E-state index in [0.717, 1.165) is 17.1 Å². The Hall–Kier alpha value is -7.42. The van der Waals surface area contributed by atoms with E-state index in [4.69, 9.17) is 0 Å². The molecule has 0 saturated heterocycles. The molecule has 0 unspecified atom stereocenters. The zero-order valence-electron chi connectivity index (χ0n) is 30.5. The summed E-state index contributed by atoms with van der Waals surface area (Å²) in [5.74, 6) is 0. The number of fused-ring (bicyclic) bond motifs is 9. The molecule has 1 heterocycles. The van der Waals surface area contributed by atoms with Gasteiger partial charge in [-0.15, -0.1) is 0 Å². The molecule has 0 fully saturated rings. The highest BCUT2D eigenvalue weighted by atomic mass is 15.1. The molecule has 1 aromatic heterocycles. The maximum Gasteiger partial charge on any atom is 0.0562 e. The van der Waals surface area contributed by atoms with Crippen LogP contribution in [0.15, 0.2) is 206 Å². The van der Waals surface area contributed by atoms with Gasteiger partial charge >= 0.3 is 0 Å². The molecule has 0 N–H and O–H groups in total. The molecular formula is C54H34N2. The number of nitrogens with zero attached hydrogens (tertiary/aromatic N) is 2. The van der Waals surface area contributed by atoms with Crippen molar-refractivity contribution in [3.8, 4) is 39.1 Å². The van der Waals surface area contributed by atoms with E-state index in [2.05, 4.69) is 216 Å². The van der Waals surface area contributed by atoms with E-state index < -0.39 is 0 Å². The Bertz CT molecular complexity index is 3370. The number of anilines is 3. The first-order valence-corrected chi connectivity index (χ1v) is 19.4. The zero-order valence-corrected chi connectivity index (χ0v) is 30.5. The van der Waals surface area contributed by atoms with E-state index in [9.17, 15) is 0 Å². The highest BCUT2D eigenvalue weighted by Crippen LogP contribution is 2.56. The van der Waals surface area contributed by atoms with Crippen LogP contribution in [0.1, 0.15) is 0 Å². The van der Waals surface area contributed by atoms with Crippen LogP contribution in [0.3, 0.4) is 0 Å². The van der Waals surface area contributed by atoms with Crippen LogP contribution in [0, 0.1) is 0 Å². The topological polar surface area (TPSA) is 8.17 Å². The molecule has 2 heteroatoms. The van der Waals surface area contributed by atoms with E-state index in [-0.39, 0.29) is 0 Å². The largest absolute Gasteiger partial charge is 0.309 e. The molecule has 12 rings (SSSR count). The molecule has 0 spiro atoms. The smallest absolute Gasteiger partial charge is 0.0562 e. The van der Waals surface area contributed by atoms with Crippen molar-refractivity contribution in [1.29, 1.82) is 0 Å². The third-order valence-corrected chi connectivity index (χ3v) is 11.9. The number of hydrogen-bond donors (Lipinski definition) is 0. The third kappa shape index (κ3) is 4.44. The average Bonchev–Trinajstić information content (AvgIpc) is 3.78. The van der Waals surface area contributed by atoms with Crippen molar-refractivity contribution in [2.24, 2.45) is 0 Å². The fourth-order valence-corrected chi connectivity index (χ4v) is 9.52. The maximum atomic E-state index is 2.52. The molecule has 0 bridgehead atoms. The van der Waals surface area contributed by atoms with Gasteiger partial charge in [-0.05, 0) is 86.1 Å². The normalized spacial score (nSPS) is 11.9. The average molecular weight is 711 g/mol. The predicted molar refractivity (Wildman–Crippen MR) is 238 cm³/mol. The van der Waals surface area contributed by atoms with Crippen molar-refractivity contribution < 1.29 is 0 Å². The van der Waals surface area contributed by atoms with Crippen LogP contribution < -0.4 is 4.90 Å². The first-order chi connectivity index (χ1) is 27.8. The summed E-state index contributed by atoms with van der Waals surface area (Å²) in [7, 11) is 0. The van der Waals surface area contributed by atoms with Crippen molar-refractivity contribution in [2.75, 3.05) is 4.90 Å². The Morgan fingerprint density at radius 1 is 0.339 bits per heavy atom. The van der Waals surface area contributed by atoms with E-state index in [1.807, 2.05) is 0 Å². The minimum absolute atomic E-state index is 1.11. The summed E-state index contributed by atoms with van der Waals surface area (Å²) >= 11 is 0. The van der Waals surface area contributed by atoms with Gasteiger partial charge in [-0.25, -0.2) is 0 Å². The summed E-state index contributed by atoms with van der Waals surface area (Å²) in [6, 6.07) is 75.8. The van der Waals surface area contributed by atoms with Gasteiger partial charge in [0.05, 0.1) is 28.1 Å². The zero-order chi connectivity index (χ0) is 36.7. The highest BCUT2D eigenvalue weighted by molar-refractivity contribution is 6.26. The van der Waals surface area contributed by atoms with E-state index in [1.54, 1.807) is 0 Å². The van der Waals surface area contributed by atoms with Gasteiger partial charge in [-0.1, -0.05) is 164 Å². The van der Waals surface area contributed by atoms with Gasteiger partial charge in [0.15, 0.2) is 0 Å². The van der Waals surface area contributed by atoms with E-state index >= 15 is 0 Å². The molecule has 56 heavy (non-hydrogen) atoms. The van der Waals surface area contributed by atoms with Crippen molar-refractivity contribution in [3.05, 3.63) is 206 Å². The second kappa shape index (κ2) is 12.0. The van der Waals surface area contributed by atoms with Crippen LogP contribution in [0.5, 0.6) is 0 Å². The number of para-hydroxylation sites is 2. The summed E-state index contributed by atoms with van der Waals surface area (Å²) in [6.45, 7) is 0. The summed E-state index contributed by atoms with van der Waals surface area (Å²) in [4.78, 5) is 2.52. The SMILES string of the molecule is c1ccc(-c2ccccc2-n2c3ccccc3c3ccc(N(c4cccc5c4-c4c6ccccc6cc6cccc-5c46)c4cccc5ccccc45)cc32)cc1. The fraction of sp³-hybridized carbons (Fsp3) is 0. The first kappa shape index (κ1) is 31.0. The predicted octanol–water partition coefficient (Wildman–Crippen LogP) is 15.0. The third-order valence-electron chi connectivity index (χ3n) is 11.9. The molecule has 0 atom stereocenters. The molecule has 0 aliphatic heterocycles. The van der Waals surface area contributed by atoms with E-state index in [1.165, 1.54) is 93.2 Å². The number of benzene rings is 10.